The quantitative estimate of drug-likeness (QED) is 0.0841. The van der Waals surface area contributed by atoms with E-state index in [0.717, 1.165) is 44.9 Å². The highest BCUT2D eigenvalue weighted by atomic mass is 31.2. The molecule has 0 aliphatic carbocycles. The van der Waals surface area contributed by atoms with Crippen LogP contribution in [0.3, 0.4) is 0 Å². The second-order valence-corrected chi connectivity index (χ2v) is 8.43. The summed E-state index contributed by atoms with van der Waals surface area (Å²) in [6.07, 6.45) is 18.5. The Labute approximate surface area is 179 Å². The summed E-state index contributed by atoms with van der Waals surface area (Å²) >= 11 is 0. The average molecular weight is 446 g/mol. The molecule has 172 valence electrons. The molecule has 0 radical (unpaired) electrons. The lowest BCUT2D eigenvalue weighted by Gasteiger charge is -2.08. The lowest BCUT2D eigenvalue weighted by molar-refractivity contribution is -0.264. The van der Waals surface area contributed by atoms with Gasteiger partial charge in [-0.3, -0.25) is 19.1 Å². The standard InChI is InChI=1S/C21H35O8P/c1-2-3-4-5-8-11-14-19(28-23)15-12-9-6-7-10-13-16-21(22)26-17-20-18-27-30(24,25)29-20/h3-4,8,11-12,15,19-20,23H,2,5-7,9-10,13-14,16-18H2,1H3,(H,24,25)/b4-3-,11-8-,15-12+. The first kappa shape index (κ1) is 26.8. The Kier molecular flexibility index (Phi) is 14.6. The maximum atomic E-state index is 11.7. The van der Waals surface area contributed by atoms with Gasteiger partial charge in [-0.2, -0.15) is 0 Å². The van der Waals surface area contributed by atoms with Crippen LogP contribution in [0.1, 0.15) is 64.7 Å². The zero-order valence-electron chi connectivity index (χ0n) is 17.7. The van der Waals surface area contributed by atoms with Crippen molar-refractivity contribution < 1.29 is 38.2 Å². The minimum atomic E-state index is -3.94. The average Bonchev–Trinajstić information content (AvgIpc) is 3.08. The van der Waals surface area contributed by atoms with E-state index in [-0.39, 0.29) is 25.3 Å². The van der Waals surface area contributed by atoms with Crippen LogP contribution in [0.5, 0.6) is 0 Å². The van der Waals surface area contributed by atoms with E-state index >= 15 is 0 Å². The molecule has 1 rings (SSSR count). The molecule has 9 heteroatoms. The highest BCUT2D eigenvalue weighted by Crippen LogP contribution is 2.49. The molecule has 0 saturated carbocycles. The van der Waals surface area contributed by atoms with Crippen LogP contribution in [0.25, 0.3) is 0 Å². The van der Waals surface area contributed by atoms with E-state index in [1.54, 1.807) is 0 Å². The van der Waals surface area contributed by atoms with E-state index in [1.165, 1.54) is 0 Å². The fourth-order valence-electron chi connectivity index (χ4n) is 2.72. The van der Waals surface area contributed by atoms with Gasteiger partial charge in [-0.25, -0.2) is 9.45 Å². The number of carbonyl (C=O) groups excluding carboxylic acids is 1. The Morgan fingerprint density at radius 3 is 2.63 bits per heavy atom. The van der Waals surface area contributed by atoms with Gasteiger partial charge in [-0.05, 0) is 38.5 Å². The monoisotopic (exact) mass is 446 g/mol. The molecule has 0 aromatic rings. The van der Waals surface area contributed by atoms with Gasteiger partial charge in [0, 0.05) is 6.42 Å². The summed E-state index contributed by atoms with van der Waals surface area (Å²) in [6, 6.07) is 0. The summed E-state index contributed by atoms with van der Waals surface area (Å²) in [7, 11) is -3.94. The molecule has 1 aliphatic rings. The van der Waals surface area contributed by atoms with Crippen molar-refractivity contribution in [2.24, 2.45) is 0 Å². The molecule has 0 spiro atoms. The van der Waals surface area contributed by atoms with E-state index in [4.69, 9.17) is 19.4 Å². The number of hydrogen-bond acceptors (Lipinski definition) is 7. The summed E-state index contributed by atoms with van der Waals surface area (Å²) in [5, 5.41) is 8.95. The highest BCUT2D eigenvalue weighted by Gasteiger charge is 2.35. The smallest absolute Gasteiger partial charge is 0.463 e. The SMILES string of the molecule is CC/C=C\C/C=C\CC(/C=C/CCCCCCC(=O)OCC1COP(=O)(O)O1)OO. The van der Waals surface area contributed by atoms with E-state index < -0.39 is 13.9 Å². The molecule has 0 aromatic heterocycles. The molecule has 8 nitrogen and oxygen atoms in total. The molecular formula is C21H35O8P. The van der Waals surface area contributed by atoms with E-state index in [9.17, 15) is 9.36 Å². The third kappa shape index (κ3) is 13.9. The lowest BCUT2D eigenvalue weighted by Crippen LogP contribution is -2.20. The number of rotatable bonds is 16. The van der Waals surface area contributed by atoms with Crippen LogP contribution in [0.2, 0.25) is 0 Å². The van der Waals surface area contributed by atoms with Crippen molar-refractivity contribution in [3.63, 3.8) is 0 Å². The van der Waals surface area contributed by atoms with Crippen molar-refractivity contribution in [3.8, 4) is 0 Å². The third-order valence-corrected chi connectivity index (χ3v) is 5.37. The molecule has 1 aliphatic heterocycles. The van der Waals surface area contributed by atoms with Gasteiger partial charge in [0.05, 0.1) is 6.61 Å². The number of phosphoric ester groups is 1. The van der Waals surface area contributed by atoms with Crippen LogP contribution in [0.4, 0.5) is 0 Å². The van der Waals surface area contributed by atoms with Gasteiger partial charge in [-0.15, -0.1) is 0 Å². The van der Waals surface area contributed by atoms with Crippen LogP contribution in [0, 0.1) is 0 Å². The first-order valence-electron chi connectivity index (χ1n) is 10.5. The third-order valence-electron chi connectivity index (χ3n) is 4.33. The molecule has 2 N–H and O–H groups in total. The van der Waals surface area contributed by atoms with Crippen LogP contribution >= 0.6 is 7.82 Å². The van der Waals surface area contributed by atoms with Gasteiger partial charge in [0.25, 0.3) is 0 Å². The highest BCUT2D eigenvalue weighted by molar-refractivity contribution is 7.47. The van der Waals surface area contributed by atoms with Gasteiger partial charge < -0.3 is 9.63 Å². The van der Waals surface area contributed by atoms with Crippen molar-refractivity contribution in [1.82, 2.24) is 0 Å². The van der Waals surface area contributed by atoms with Gasteiger partial charge in [0.15, 0.2) is 0 Å². The molecular weight excluding hydrogens is 411 g/mol. The zero-order chi connectivity index (χ0) is 22.1. The number of esters is 1. The molecule has 3 unspecified atom stereocenters. The summed E-state index contributed by atoms with van der Waals surface area (Å²) in [5.41, 5.74) is 0. The Hall–Kier alpha value is -1.28. The molecule has 0 bridgehead atoms. The number of allylic oxidation sites excluding steroid dienone is 4. The van der Waals surface area contributed by atoms with Crippen LogP contribution in [-0.2, 0) is 28.0 Å². The Morgan fingerprint density at radius 1 is 1.17 bits per heavy atom. The predicted molar refractivity (Wildman–Crippen MR) is 114 cm³/mol. The van der Waals surface area contributed by atoms with Crippen molar-refractivity contribution >= 4 is 13.8 Å². The van der Waals surface area contributed by atoms with E-state index in [2.05, 4.69) is 34.6 Å². The Morgan fingerprint density at radius 2 is 1.93 bits per heavy atom. The molecule has 3 atom stereocenters. The molecule has 1 fully saturated rings. The first-order chi connectivity index (χ1) is 14.5. The Balaban J connectivity index is 2.00. The first-order valence-corrected chi connectivity index (χ1v) is 12.0. The maximum Gasteiger partial charge on any atom is 0.472 e. The van der Waals surface area contributed by atoms with Crippen LogP contribution in [0.15, 0.2) is 36.5 Å². The fourth-order valence-corrected chi connectivity index (χ4v) is 3.64. The van der Waals surface area contributed by atoms with Crippen molar-refractivity contribution in [2.75, 3.05) is 13.2 Å². The van der Waals surface area contributed by atoms with Crippen molar-refractivity contribution in [3.05, 3.63) is 36.5 Å². The van der Waals surface area contributed by atoms with Crippen LogP contribution < -0.4 is 0 Å². The van der Waals surface area contributed by atoms with Crippen molar-refractivity contribution in [1.29, 1.82) is 0 Å². The topological polar surface area (TPSA) is 112 Å². The van der Waals surface area contributed by atoms with Gasteiger partial charge in [-0.1, -0.05) is 56.2 Å². The number of phosphoric acid groups is 1. The van der Waals surface area contributed by atoms with E-state index in [1.807, 2.05) is 18.2 Å². The zero-order valence-corrected chi connectivity index (χ0v) is 18.6. The summed E-state index contributed by atoms with van der Waals surface area (Å²) in [4.78, 5) is 25.2. The predicted octanol–water partition coefficient (Wildman–Crippen LogP) is 5.10. The fraction of sp³-hybridized carbons (Fsp3) is 0.667. The minimum Gasteiger partial charge on any atom is -0.463 e. The largest absolute Gasteiger partial charge is 0.472 e. The Bertz CT molecular complexity index is 602. The molecule has 1 saturated heterocycles. The van der Waals surface area contributed by atoms with E-state index in [0.29, 0.717) is 12.8 Å². The summed E-state index contributed by atoms with van der Waals surface area (Å²) < 4.78 is 25.4. The van der Waals surface area contributed by atoms with Crippen molar-refractivity contribution in [2.45, 2.75) is 76.9 Å². The molecule has 0 aromatic carbocycles. The molecule has 1 heterocycles. The maximum absolute atomic E-state index is 11.7. The number of ether oxygens (including phenoxy) is 1. The second-order valence-electron chi connectivity index (χ2n) is 7.02. The van der Waals surface area contributed by atoms with Crippen LogP contribution in [-0.4, -0.2) is 41.5 Å². The summed E-state index contributed by atoms with van der Waals surface area (Å²) in [6.45, 7) is 1.97. The lowest BCUT2D eigenvalue weighted by atomic mass is 10.1. The molecule has 0 amide bonds. The normalized spacial score (nSPS) is 23.1. The number of carbonyl (C=O) groups is 1. The van der Waals surface area contributed by atoms with Gasteiger partial charge in [0.2, 0.25) is 0 Å². The number of unbranched alkanes of at least 4 members (excludes halogenated alkanes) is 4. The summed E-state index contributed by atoms with van der Waals surface area (Å²) in [5.74, 6) is -0.348. The van der Waals surface area contributed by atoms with Gasteiger partial charge >= 0.3 is 13.8 Å². The number of hydrogen-bond donors (Lipinski definition) is 2. The van der Waals surface area contributed by atoms with Gasteiger partial charge in [0.1, 0.15) is 18.8 Å². The minimum absolute atomic E-state index is 0.0522. The molecule has 30 heavy (non-hydrogen) atoms. The second kappa shape index (κ2) is 16.4.